The van der Waals surface area contributed by atoms with Gasteiger partial charge in [-0.3, -0.25) is 9.59 Å². The SMILES string of the molecule is COC(CC(=O)O)c1ccc(NC(=O)C(Oc2ccc(C(C)C)cc2Br)C(C)C)cc1. The van der Waals surface area contributed by atoms with Gasteiger partial charge in [0.2, 0.25) is 0 Å². The van der Waals surface area contributed by atoms with Crippen molar-refractivity contribution in [3.05, 3.63) is 58.1 Å². The van der Waals surface area contributed by atoms with Gasteiger partial charge in [-0.15, -0.1) is 0 Å². The van der Waals surface area contributed by atoms with Gasteiger partial charge in [0.25, 0.3) is 5.91 Å². The van der Waals surface area contributed by atoms with Gasteiger partial charge in [-0.25, -0.2) is 0 Å². The van der Waals surface area contributed by atoms with Crippen LogP contribution in [0.4, 0.5) is 5.69 Å². The summed E-state index contributed by atoms with van der Waals surface area (Å²) >= 11 is 3.54. The van der Waals surface area contributed by atoms with Crippen molar-refractivity contribution in [2.75, 3.05) is 12.4 Å². The van der Waals surface area contributed by atoms with Crippen LogP contribution in [0.25, 0.3) is 0 Å². The molecule has 0 aromatic heterocycles. The summed E-state index contributed by atoms with van der Waals surface area (Å²) in [7, 11) is 1.47. The molecule has 0 bridgehead atoms. The molecule has 6 nitrogen and oxygen atoms in total. The van der Waals surface area contributed by atoms with Crippen LogP contribution in [-0.2, 0) is 14.3 Å². The maximum Gasteiger partial charge on any atom is 0.306 e. The molecule has 0 spiro atoms. The van der Waals surface area contributed by atoms with Crippen molar-refractivity contribution in [1.29, 1.82) is 0 Å². The van der Waals surface area contributed by atoms with E-state index in [-0.39, 0.29) is 18.2 Å². The highest BCUT2D eigenvalue weighted by Gasteiger charge is 2.25. The number of halogens is 1. The number of aliphatic carboxylic acids is 1. The molecule has 0 saturated carbocycles. The fourth-order valence-electron chi connectivity index (χ4n) is 3.09. The Morgan fingerprint density at radius 3 is 2.13 bits per heavy atom. The lowest BCUT2D eigenvalue weighted by atomic mass is 10.0. The first-order chi connectivity index (χ1) is 14.6. The molecule has 0 radical (unpaired) electrons. The maximum atomic E-state index is 12.9. The Hall–Kier alpha value is -2.38. The predicted molar refractivity (Wildman–Crippen MR) is 125 cm³/mol. The molecule has 2 atom stereocenters. The smallest absolute Gasteiger partial charge is 0.306 e. The first-order valence-corrected chi connectivity index (χ1v) is 11.0. The molecular formula is C24H30BrNO5. The maximum absolute atomic E-state index is 12.9. The average molecular weight is 492 g/mol. The van der Waals surface area contributed by atoms with Crippen LogP contribution in [0.5, 0.6) is 5.75 Å². The highest BCUT2D eigenvalue weighted by Crippen LogP contribution is 2.31. The van der Waals surface area contributed by atoms with Crippen LogP contribution in [0.3, 0.4) is 0 Å². The highest BCUT2D eigenvalue weighted by molar-refractivity contribution is 9.10. The van der Waals surface area contributed by atoms with Gasteiger partial charge in [0.15, 0.2) is 6.10 Å². The first kappa shape index (κ1) is 24.9. The topological polar surface area (TPSA) is 84.9 Å². The van der Waals surface area contributed by atoms with E-state index in [0.29, 0.717) is 17.4 Å². The minimum atomic E-state index is -0.936. The third-order valence-corrected chi connectivity index (χ3v) is 5.55. The fourth-order valence-corrected chi connectivity index (χ4v) is 3.58. The summed E-state index contributed by atoms with van der Waals surface area (Å²) in [6.45, 7) is 8.10. The molecule has 1 amide bonds. The number of hydrogen-bond acceptors (Lipinski definition) is 4. The predicted octanol–water partition coefficient (Wildman–Crippen LogP) is 5.78. The third kappa shape index (κ3) is 7.08. The lowest BCUT2D eigenvalue weighted by molar-refractivity contribution is -0.139. The summed E-state index contributed by atoms with van der Waals surface area (Å²) in [5.74, 6) is -0.231. The molecule has 0 heterocycles. The van der Waals surface area contributed by atoms with Crippen LogP contribution in [0.2, 0.25) is 0 Å². The number of carboxylic acids is 1. The number of ether oxygens (including phenoxy) is 2. The zero-order valence-electron chi connectivity index (χ0n) is 18.5. The van der Waals surface area contributed by atoms with Crippen LogP contribution >= 0.6 is 15.9 Å². The van der Waals surface area contributed by atoms with Crippen LogP contribution < -0.4 is 10.1 Å². The van der Waals surface area contributed by atoms with Crippen LogP contribution in [-0.4, -0.2) is 30.2 Å². The molecule has 31 heavy (non-hydrogen) atoms. The molecule has 2 aromatic rings. The Labute approximate surface area is 192 Å². The Morgan fingerprint density at radius 1 is 1.03 bits per heavy atom. The van der Waals surface area contributed by atoms with Crippen LogP contribution in [0.15, 0.2) is 46.9 Å². The normalized spacial score (nSPS) is 13.2. The highest BCUT2D eigenvalue weighted by atomic mass is 79.9. The number of amides is 1. The number of benzene rings is 2. The standard InChI is InChI=1S/C24H30BrNO5/c1-14(2)17-8-11-20(19(25)12-17)31-23(15(3)4)24(29)26-18-9-6-16(7-10-18)21(30-5)13-22(27)28/h6-12,14-15,21,23H,13H2,1-5H3,(H,26,29)(H,27,28). The second kappa shape index (κ2) is 11.3. The van der Waals surface area contributed by atoms with Crippen LogP contribution in [0, 0.1) is 5.92 Å². The lowest BCUT2D eigenvalue weighted by Gasteiger charge is -2.23. The van der Waals surface area contributed by atoms with Gasteiger partial charge in [0.1, 0.15) is 5.75 Å². The number of hydrogen-bond donors (Lipinski definition) is 2. The van der Waals surface area contributed by atoms with Gasteiger partial charge in [0.05, 0.1) is 17.0 Å². The molecule has 0 fully saturated rings. The van der Waals surface area contributed by atoms with E-state index in [1.54, 1.807) is 24.3 Å². The minimum Gasteiger partial charge on any atom is -0.481 e. The van der Waals surface area contributed by atoms with E-state index in [2.05, 4.69) is 35.1 Å². The fraction of sp³-hybridized carbons (Fsp3) is 0.417. The Bertz CT molecular complexity index is 895. The zero-order chi connectivity index (χ0) is 23.1. The number of anilines is 1. The molecule has 0 aliphatic carbocycles. The lowest BCUT2D eigenvalue weighted by Crippen LogP contribution is -2.37. The monoisotopic (exact) mass is 491 g/mol. The molecule has 2 N–H and O–H groups in total. The number of nitrogens with one attached hydrogen (secondary N) is 1. The molecule has 2 rings (SSSR count). The van der Waals surface area contributed by atoms with E-state index in [1.807, 2.05) is 32.0 Å². The molecule has 2 aromatic carbocycles. The van der Waals surface area contributed by atoms with Crippen molar-refractivity contribution in [1.82, 2.24) is 0 Å². The van der Waals surface area contributed by atoms with E-state index in [0.717, 1.165) is 10.0 Å². The molecular weight excluding hydrogens is 462 g/mol. The Kier molecular flexibility index (Phi) is 9.07. The molecule has 0 aliphatic heterocycles. The first-order valence-electron chi connectivity index (χ1n) is 10.2. The summed E-state index contributed by atoms with van der Waals surface area (Å²) in [5, 5.41) is 11.9. The summed E-state index contributed by atoms with van der Waals surface area (Å²) in [6.07, 6.45) is -1.35. The largest absolute Gasteiger partial charge is 0.481 e. The number of carboxylic acid groups (broad SMARTS) is 1. The van der Waals surface area contributed by atoms with E-state index in [1.165, 1.54) is 12.7 Å². The molecule has 2 unspecified atom stereocenters. The summed E-state index contributed by atoms with van der Waals surface area (Å²) < 4.78 is 12.1. The molecule has 0 saturated heterocycles. The van der Waals surface area contributed by atoms with E-state index in [4.69, 9.17) is 14.6 Å². The van der Waals surface area contributed by atoms with Crippen LogP contribution in [0.1, 0.15) is 57.3 Å². The van der Waals surface area contributed by atoms with Gasteiger partial charge < -0.3 is 19.9 Å². The number of rotatable bonds is 10. The molecule has 0 aliphatic rings. The van der Waals surface area contributed by atoms with Crippen molar-refractivity contribution in [2.45, 2.75) is 52.2 Å². The van der Waals surface area contributed by atoms with Gasteiger partial charge >= 0.3 is 5.97 Å². The van der Waals surface area contributed by atoms with Gasteiger partial charge in [-0.1, -0.05) is 45.9 Å². The molecule has 7 heteroatoms. The van der Waals surface area contributed by atoms with Crippen molar-refractivity contribution < 1.29 is 24.2 Å². The Morgan fingerprint density at radius 2 is 1.65 bits per heavy atom. The van der Waals surface area contributed by atoms with Gasteiger partial charge in [-0.2, -0.15) is 0 Å². The second-order valence-corrected chi connectivity index (χ2v) is 8.91. The quantitative estimate of drug-likeness (QED) is 0.440. The summed E-state index contributed by atoms with van der Waals surface area (Å²) in [6, 6.07) is 12.8. The Balaban J connectivity index is 2.11. The van der Waals surface area contributed by atoms with Crippen molar-refractivity contribution in [3.8, 4) is 5.75 Å². The van der Waals surface area contributed by atoms with Gasteiger partial charge in [0, 0.05) is 12.8 Å². The second-order valence-electron chi connectivity index (χ2n) is 8.06. The zero-order valence-corrected chi connectivity index (χ0v) is 20.1. The van der Waals surface area contributed by atoms with Crippen molar-refractivity contribution >= 4 is 33.5 Å². The van der Waals surface area contributed by atoms with Crippen molar-refractivity contribution in [3.63, 3.8) is 0 Å². The molecule has 168 valence electrons. The van der Waals surface area contributed by atoms with E-state index in [9.17, 15) is 9.59 Å². The average Bonchev–Trinajstić information content (AvgIpc) is 2.71. The minimum absolute atomic E-state index is 0.0515. The number of carbonyl (C=O) groups excluding carboxylic acids is 1. The summed E-state index contributed by atoms with van der Waals surface area (Å²) in [4.78, 5) is 23.9. The number of methoxy groups -OCH3 is 1. The summed E-state index contributed by atoms with van der Waals surface area (Å²) in [5.41, 5.74) is 2.51. The number of carbonyl (C=O) groups is 2. The third-order valence-electron chi connectivity index (χ3n) is 4.93. The van der Waals surface area contributed by atoms with E-state index < -0.39 is 18.2 Å². The van der Waals surface area contributed by atoms with Crippen molar-refractivity contribution in [2.24, 2.45) is 5.92 Å². The van der Waals surface area contributed by atoms with E-state index >= 15 is 0 Å². The van der Waals surface area contributed by atoms with Gasteiger partial charge in [-0.05, 0) is 63.2 Å².